The fourth-order valence-corrected chi connectivity index (χ4v) is 1.88. The fourth-order valence-electron chi connectivity index (χ4n) is 1.88. The Balaban J connectivity index is 3.52. The molecule has 2 heteroatoms. The van der Waals surface area contributed by atoms with E-state index in [1.165, 1.54) is 32.1 Å². The summed E-state index contributed by atoms with van der Waals surface area (Å²) in [4.78, 5) is 11.7. The lowest BCUT2D eigenvalue weighted by Gasteiger charge is -2.24. The maximum Gasteiger partial charge on any atom is 0.161 e. The van der Waals surface area contributed by atoms with Crippen LogP contribution in [0.1, 0.15) is 79.1 Å². The Kier molecular flexibility index (Phi) is 8.49. The molecule has 0 aromatic rings. The van der Waals surface area contributed by atoms with Crippen LogP contribution in [0.15, 0.2) is 0 Å². The number of aliphatic hydroxyl groups excluding tert-OH is 1. The molecule has 0 heterocycles. The zero-order chi connectivity index (χ0) is 13.3. The van der Waals surface area contributed by atoms with Crippen LogP contribution in [0, 0.1) is 5.41 Å². The number of ketones is 1. The van der Waals surface area contributed by atoms with Gasteiger partial charge in [0.15, 0.2) is 5.78 Å². The molecule has 1 atom stereocenters. The predicted molar refractivity (Wildman–Crippen MR) is 73.1 cm³/mol. The van der Waals surface area contributed by atoms with Crippen LogP contribution in [0.3, 0.4) is 0 Å². The summed E-state index contributed by atoms with van der Waals surface area (Å²) < 4.78 is 0. The largest absolute Gasteiger partial charge is 0.385 e. The molecule has 0 saturated carbocycles. The van der Waals surface area contributed by atoms with Gasteiger partial charge in [0.25, 0.3) is 0 Å². The monoisotopic (exact) mass is 242 g/mol. The van der Waals surface area contributed by atoms with Crippen molar-refractivity contribution in [3.63, 3.8) is 0 Å². The van der Waals surface area contributed by atoms with E-state index in [9.17, 15) is 9.90 Å². The molecule has 0 saturated heterocycles. The molecule has 2 nitrogen and oxygen atoms in total. The van der Waals surface area contributed by atoms with Crippen LogP contribution in [0.2, 0.25) is 0 Å². The Labute approximate surface area is 107 Å². The second-order valence-corrected chi connectivity index (χ2v) is 6.11. The van der Waals surface area contributed by atoms with Crippen molar-refractivity contribution in [2.75, 3.05) is 0 Å². The topological polar surface area (TPSA) is 37.3 Å². The average molecular weight is 242 g/mol. The maximum atomic E-state index is 11.7. The van der Waals surface area contributed by atoms with Crippen molar-refractivity contribution in [2.24, 2.45) is 5.41 Å². The Morgan fingerprint density at radius 3 is 1.94 bits per heavy atom. The van der Waals surface area contributed by atoms with Crippen molar-refractivity contribution < 1.29 is 9.90 Å². The molecule has 0 aliphatic carbocycles. The van der Waals surface area contributed by atoms with Gasteiger partial charge in [0.1, 0.15) is 6.10 Å². The van der Waals surface area contributed by atoms with Gasteiger partial charge in [-0.1, -0.05) is 66.2 Å². The SMILES string of the molecule is CCCCCCCCCC(=O)C(O)C(C)(C)C. The maximum absolute atomic E-state index is 11.7. The lowest BCUT2D eigenvalue weighted by Crippen LogP contribution is -2.34. The molecule has 0 bridgehead atoms. The summed E-state index contributed by atoms with van der Waals surface area (Å²) in [5, 5.41) is 9.78. The molecular weight excluding hydrogens is 212 g/mol. The van der Waals surface area contributed by atoms with E-state index in [2.05, 4.69) is 6.92 Å². The van der Waals surface area contributed by atoms with Gasteiger partial charge in [0.2, 0.25) is 0 Å². The molecule has 0 radical (unpaired) electrons. The Morgan fingerprint density at radius 1 is 1.00 bits per heavy atom. The lowest BCUT2D eigenvalue weighted by atomic mass is 9.85. The van der Waals surface area contributed by atoms with Crippen LogP contribution in [-0.4, -0.2) is 17.0 Å². The molecule has 1 N–H and O–H groups in total. The summed E-state index contributed by atoms with van der Waals surface area (Å²) in [5.41, 5.74) is -0.321. The van der Waals surface area contributed by atoms with Gasteiger partial charge in [-0.15, -0.1) is 0 Å². The highest BCUT2D eigenvalue weighted by atomic mass is 16.3. The van der Waals surface area contributed by atoms with Crippen LogP contribution in [-0.2, 0) is 4.79 Å². The molecule has 0 amide bonds. The Morgan fingerprint density at radius 2 is 1.47 bits per heavy atom. The normalized spacial score (nSPS) is 13.7. The van der Waals surface area contributed by atoms with Crippen molar-refractivity contribution in [2.45, 2.75) is 85.2 Å². The summed E-state index contributed by atoms with van der Waals surface area (Å²) in [5.74, 6) is 0.00561. The first kappa shape index (κ1) is 16.6. The van der Waals surface area contributed by atoms with Crippen molar-refractivity contribution >= 4 is 5.78 Å². The van der Waals surface area contributed by atoms with E-state index in [4.69, 9.17) is 0 Å². The van der Waals surface area contributed by atoms with E-state index in [-0.39, 0.29) is 11.2 Å². The first-order chi connectivity index (χ1) is 7.89. The summed E-state index contributed by atoms with van der Waals surface area (Å²) in [6.45, 7) is 7.92. The van der Waals surface area contributed by atoms with Crippen LogP contribution < -0.4 is 0 Å². The van der Waals surface area contributed by atoms with Gasteiger partial charge in [0, 0.05) is 6.42 Å². The standard InChI is InChI=1S/C15H30O2/c1-5-6-7-8-9-10-11-12-13(16)14(17)15(2,3)4/h14,17H,5-12H2,1-4H3. The molecule has 0 aromatic heterocycles. The number of carbonyl (C=O) groups is 1. The molecular formula is C15H30O2. The summed E-state index contributed by atoms with van der Waals surface area (Å²) in [6, 6.07) is 0. The first-order valence-electron chi connectivity index (χ1n) is 7.10. The van der Waals surface area contributed by atoms with E-state index in [0.29, 0.717) is 6.42 Å². The minimum atomic E-state index is -0.803. The zero-order valence-electron chi connectivity index (χ0n) is 12.1. The van der Waals surface area contributed by atoms with Crippen LogP contribution in [0.4, 0.5) is 0 Å². The van der Waals surface area contributed by atoms with Gasteiger partial charge < -0.3 is 5.11 Å². The second kappa shape index (κ2) is 8.68. The number of hydrogen-bond acceptors (Lipinski definition) is 2. The number of carbonyl (C=O) groups excluding carboxylic acids is 1. The van der Waals surface area contributed by atoms with Gasteiger partial charge >= 0.3 is 0 Å². The number of aliphatic hydroxyl groups is 1. The third kappa shape index (κ3) is 8.37. The number of rotatable bonds is 9. The van der Waals surface area contributed by atoms with Gasteiger partial charge in [-0.05, 0) is 11.8 Å². The quantitative estimate of drug-likeness (QED) is 0.618. The molecule has 0 spiro atoms. The van der Waals surface area contributed by atoms with Crippen molar-refractivity contribution in [1.29, 1.82) is 0 Å². The highest BCUT2D eigenvalue weighted by Gasteiger charge is 2.27. The minimum absolute atomic E-state index is 0.00561. The van der Waals surface area contributed by atoms with Crippen molar-refractivity contribution in [1.82, 2.24) is 0 Å². The molecule has 102 valence electrons. The predicted octanol–water partition coefficient (Wildman–Crippen LogP) is 4.10. The fraction of sp³-hybridized carbons (Fsp3) is 0.933. The van der Waals surface area contributed by atoms with E-state index in [1.54, 1.807) is 0 Å². The Hall–Kier alpha value is -0.370. The van der Waals surface area contributed by atoms with Crippen LogP contribution in [0.25, 0.3) is 0 Å². The molecule has 0 aromatic carbocycles. The van der Waals surface area contributed by atoms with Crippen molar-refractivity contribution in [3.8, 4) is 0 Å². The van der Waals surface area contributed by atoms with Gasteiger partial charge in [-0.25, -0.2) is 0 Å². The highest BCUT2D eigenvalue weighted by molar-refractivity contribution is 5.83. The third-order valence-corrected chi connectivity index (χ3v) is 3.15. The van der Waals surface area contributed by atoms with E-state index in [1.807, 2.05) is 20.8 Å². The average Bonchev–Trinajstić information content (AvgIpc) is 2.25. The smallest absolute Gasteiger partial charge is 0.161 e. The summed E-state index contributed by atoms with van der Waals surface area (Å²) in [6.07, 6.45) is 8.19. The lowest BCUT2D eigenvalue weighted by molar-refractivity contribution is -0.132. The minimum Gasteiger partial charge on any atom is -0.385 e. The van der Waals surface area contributed by atoms with E-state index >= 15 is 0 Å². The second-order valence-electron chi connectivity index (χ2n) is 6.11. The van der Waals surface area contributed by atoms with E-state index in [0.717, 1.165) is 12.8 Å². The van der Waals surface area contributed by atoms with Crippen LogP contribution >= 0.6 is 0 Å². The number of Topliss-reactive ketones (excluding diaryl/α,β-unsaturated/α-hetero) is 1. The molecule has 17 heavy (non-hydrogen) atoms. The zero-order valence-corrected chi connectivity index (χ0v) is 12.1. The van der Waals surface area contributed by atoms with Gasteiger partial charge in [0.05, 0.1) is 0 Å². The van der Waals surface area contributed by atoms with Gasteiger partial charge in [-0.3, -0.25) is 4.79 Å². The summed E-state index contributed by atoms with van der Waals surface area (Å²) >= 11 is 0. The molecule has 0 aliphatic rings. The van der Waals surface area contributed by atoms with E-state index < -0.39 is 6.10 Å². The third-order valence-electron chi connectivity index (χ3n) is 3.15. The molecule has 1 unspecified atom stereocenters. The highest BCUT2D eigenvalue weighted by Crippen LogP contribution is 2.21. The molecule has 0 aliphatic heterocycles. The first-order valence-corrected chi connectivity index (χ1v) is 7.10. The van der Waals surface area contributed by atoms with Crippen molar-refractivity contribution in [3.05, 3.63) is 0 Å². The number of hydrogen-bond donors (Lipinski definition) is 1. The molecule has 0 fully saturated rings. The van der Waals surface area contributed by atoms with Gasteiger partial charge in [-0.2, -0.15) is 0 Å². The Bertz CT molecular complexity index is 203. The molecule has 0 rings (SSSR count). The summed E-state index contributed by atoms with van der Waals surface area (Å²) in [7, 11) is 0. The number of unbranched alkanes of at least 4 members (excludes halogenated alkanes) is 6. The van der Waals surface area contributed by atoms with Crippen LogP contribution in [0.5, 0.6) is 0 Å².